The smallest absolute Gasteiger partial charge is 0.0241 e. The van der Waals surface area contributed by atoms with Gasteiger partial charge in [-0.1, -0.05) is 52.4 Å². The van der Waals surface area contributed by atoms with E-state index in [9.17, 15) is 0 Å². The second-order valence-electron chi connectivity index (χ2n) is 7.83. The third kappa shape index (κ3) is 2.04. The van der Waals surface area contributed by atoms with Crippen molar-refractivity contribution in [2.45, 2.75) is 84.5 Å². The lowest BCUT2D eigenvalue weighted by molar-refractivity contribution is -0.0742. The first-order valence-electron chi connectivity index (χ1n) is 8.73. The molecule has 3 rings (SSSR count). The molecule has 0 heterocycles. The van der Waals surface area contributed by atoms with Crippen LogP contribution in [0.5, 0.6) is 0 Å². The summed E-state index contributed by atoms with van der Waals surface area (Å²) in [5.41, 5.74) is 0.698. The van der Waals surface area contributed by atoms with Crippen LogP contribution in [0.25, 0.3) is 0 Å². The first-order valence-corrected chi connectivity index (χ1v) is 8.73. The van der Waals surface area contributed by atoms with Crippen LogP contribution in [0.3, 0.4) is 0 Å². The molecule has 0 nitrogen and oxygen atoms in total. The Hall–Kier alpha value is 0. The van der Waals surface area contributed by atoms with E-state index in [1.54, 1.807) is 32.1 Å². The molecule has 0 amide bonds. The van der Waals surface area contributed by atoms with Crippen molar-refractivity contribution in [1.82, 2.24) is 0 Å². The van der Waals surface area contributed by atoms with Gasteiger partial charge in [-0.15, -0.1) is 0 Å². The van der Waals surface area contributed by atoms with E-state index in [4.69, 9.17) is 0 Å². The normalized spacial score (nSPS) is 46.7. The maximum absolute atomic E-state index is 2.70. The molecule has 0 aromatic carbocycles. The van der Waals surface area contributed by atoms with Crippen molar-refractivity contribution in [3.63, 3.8) is 0 Å². The fourth-order valence-corrected chi connectivity index (χ4v) is 5.94. The molecular weight excluding hydrogens is 216 g/mol. The zero-order valence-electron chi connectivity index (χ0n) is 12.6. The third-order valence-electron chi connectivity index (χ3n) is 7.23. The summed E-state index contributed by atoms with van der Waals surface area (Å²) in [6.07, 6.45) is 16.9. The molecule has 0 N–H and O–H groups in total. The van der Waals surface area contributed by atoms with Gasteiger partial charge in [0.05, 0.1) is 0 Å². The molecular formula is C18H32. The van der Waals surface area contributed by atoms with Crippen LogP contribution in [0, 0.1) is 29.1 Å². The van der Waals surface area contributed by atoms with Gasteiger partial charge in [-0.2, -0.15) is 0 Å². The molecule has 0 aromatic rings. The molecule has 3 saturated carbocycles. The summed E-state index contributed by atoms with van der Waals surface area (Å²) in [4.78, 5) is 0. The van der Waals surface area contributed by atoms with Gasteiger partial charge in [0.2, 0.25) is 0 Å². The summed E-state index contributed by atoms with van der Waals surface area (Å²) in [5, 5.41) is 0. The van der Waals surface area contributed by atoms with E-state index in [-0.39, 0.29) is 0 Å². The molecule has 0 radical (unpaired) electrons. The van der Waals surface area contributed by atoms with Gasteiger partial charge in [-0.25, -0.2) is 0 Å². The number of fused-ring (bicyclic) bond motifs is 1. The van der Waals surface area contributed by atoms with Gasteiger partial charge in [-0.3, -0.25) is 0 Å². The van der Waals surface area contributed by atoms with E-state index in [2.05, 4.69) is 13.8 Å². The number of hydrogen-bond acceptors (Lipinski definition) is 0. The Morgan fingerprint density at radius 3 is 2.17 bits per heavy atom. The lowest BCUT2D eigenvalue weighted by atomic mass is 9.48. The van der Waals surface area contributed by atoms with Crippen molar-refractivity contribution < 1.29 is 0 Å². The minimum atomic E-state index is 0.698. The molecule has 0 bridgehead atoms. The highest BCUT2D eigenvalue weighted by Gasteiger charge is 2.50. The number of hydrogen-bond donors (Lipinski definition) is 0. The van der Waals surface area contributed by atoms with Crippen molar-refractivity contribution in [1.29, 1.82) is 0 Å². The summed E-state index contributed by atoms with van der Waals surface area (Å²) < 4.78 is 0. The van der Waals surface area contributed by atoms with Crippen molar-refractivity contribution in [2.75, 3.05) is 0 Å². The second kappa shape index (κ2) is 5.17. The summed E-state index contributed by atoms with van der Waals surface area (Å²) in [5.74, 6) is 4.23. The maximum Gasteiger partial charge on any atom is -0.0241 e. The van der Waals surface area contributed by atoms with E-state index in [0.717, 1.165) is 23.7 Å². The predicted octanol–water partition coefficient (Wildman–Crippen LogP) is 5.81. The third-order valence-corrected chi connectivity index (χ3v) is 7.23. The van der Waals surface area contributed by atoms with Crippen LogP contribution in [0.1, 0.15) is 84.5 Å². The highest BCUT2D eigenvalue weighted by molar-refractivity contribution is 5.00. The van der Waals surface area contributed by atoms with Crippen LogP contribution < -0.4 is 0 Å². The van der Waals surface area contributed by atoms with E-state index in [0.29, 0.717) is 5.41 Å². The van der Waals surface area contributed by atoms with Crippen LogP contribution >= 0.6 is 0 Å². The summed E-state index contributed by atoms with van der Waals surface area (Å²) in [6, 6.07) is 0. The fourth-order valence-electron chi connectivity index (χ4n) is 5.94. The molecule has 3 aliphatic rings. The molecule has 4 atom stereocenters. The van der Waals surface area contributed by atoms with E-state index >= 15 is 0 Å². The molecule has 4 unspecified atom stereocenters. The van der Waals surface area contributed by atoms with Crippen molar-refractivity contribution in [2.24, 2.45) is 29.1 Å². The molecule has 3 fully saturated rings. The lowest BCUT2D eigenvalue weighted by Crippen LogP contribution is -2.49. The van der Waals surface area contributed by atoms with Gasteiger partial charge in [0.15, 0.2) is 0 Å². The summed E-state index contributed by atoms with van der Waals surface area (Å²) in [7, 11) is 0. The Morgan fingerprint density at radius 1 is 0.722 bits per heavy atom. The minimum absolute atomic E-state index is 0.698. The Balaban J connectivity index is 1.84. The van der Waals surface area contributed by atoms with Crippen LogP contribution in [-0.4, -0.2) is 0 Å². The van der Waals surface area contributed by atoms with Gasteiger partial charge in [0.25, 0.3) is 0 Å². The SMILES string of the molecule is CC1CCC2CCCCC2C1(C)C1CCCCC1. The van der Waals surface area contributed by atoms with Crippen LogP contribution in [0.2, 0.25) is 0 Å². The Labute approximate surface area is 114 Å². The molecule has 104 valence electrons. The van der Waals surface area contributed by atoms with Crippen molar-refractivity contribution >= 4 is 0 Å². The Bertz CT molecular complexity index is 276. The zero-order chi connectivity index (χ0) is 12.6. The second-order valence-corrected chi connectivity index (χ2v) is 7.83. The standard InChI is InChI=1S/C18H32/c1-14-12-13-15-8-6-7-11-17(15)18(14,2)16-9-4-3-5-10-16/h14-17H,3-13H2,1-2H3. The molecule has 0 spiro atoms. The Kier molecular flexibility index (Phi) is 3.74. The molecule has 3 aliphatic carbocycles. The highest BCUT2D eigenvalue weighted by Crippen LogP contribution is 2.59. The molecule has 0 saturated heterocycles. The maximum atomic E-state index is 2.70. The number of rotatable bonds is 1. The summed E-state index contributed by atoms with van der Waals surface area (Å²) >= 11 is 0. The van der Waals surface area contributed by atoms with E-state index < -0.39 is 0 Å². The Morgan fingerprint density at radius 2 is 1.39 bits per heavy atom. The lowest BCUT2D eigenvalue weighted by Gasteiger charge is -2.57. The first kappa shape index (κ1) is 13.0. The largest absolute Gasteiger partial charge is 0.0620 e. The van der Waals surface area contributed by atoms with Gasteiger partial charge < -0.3 is 0 Å². The topological polar surface area (TPSA) is 0 Å². The molecule has 0 aliphatic heterocycles. The van der Waals surface area contributed by atoms with Crippen LogP contribution in [0.4, 0.5) is 0 Å². The van der Waals surface area contributed by atoms with Gasteiger partial charge in [0, 0.05) is 0 Å². The highest BCUT2D eigenvalue weighted by atomic mass is 14.6. The van der Waals surface area contributed by atoms with Gasteiger partial charge in [-0.05, 0) is 61.2 Å². The molecule has 18 heavy (non-hydrogen) atoms. The van der Waals surface area contributed by atoms with E-state index in [1.807, 2.05) is 0 Å². The molecule has 0 heteroatoms. The van der Waals surface area contributed by atoms with Crippen LogP contribution in [-0.2, 0) is 0 Å². The van der Waals surface area contributed by atoms with Crippen molar-refractivity contribution in [3.05, 3.63) is 0 Å². The minimum Gasteiger partial charge on any atom is -0.0620 e. The van der Waals surface area contributed by atoms with Crippen LogP contribution in [0.15, 0.2) is 0 Å². The quantitative estimate of drug-likeness (QED) is 0.549. The fraction of sp³-hybridized carbons (Fsp3) is 1.00. The average molecular weight is 248 g/mol. The predicted molar refractivity (Wildman–Crippen MR) is 78.5 cm³/mol. The zero-order valence-corrected chi connectivity index (χ0v) is 12.6. The van der Waals surface area contributed by atoms with Crippen molar-refractivity contribution in [3.8, 4) is 0 Å². The molecule has 0 aromatic heterocycles. The van der Waals surface area contributed by atoms with Gasteiger partial charge >= 0.3 is 0 Å². The first-order chi connectivity index (χ1) is 8.73. The summed E-state index contributed by atoms with van der Waals surface area (Å²) in [6.45, 7) is 5.29. The average Bonchev–Trinajstić information content (AvgIpc) is 2.44. The monoisotopic (exact) mass is 248 g/mol. The van der Waals surface area contributed by atoms with E-state index in [1.165, 1.54) is 38.5 Å². The van der Waals surface area contributed by atoms with Gasteiger partial charge in [0.1, 0.15) is 0 Å².